The van der Waals surface area contributed by atoms with Gasteiger partial charge in [-0.15, -0.1) is 0 Å². The number of pyridine rings is 1. The van der Waals surface area contributed by atoms with E-state index in [-0.39, 0.29) is 11.3 Å². The van der Waals surface area contributed by atoms with Gasteiger partial charge in [0.2, 0.25) is 0 Å². The highest BCUT2D eigenvalue weighted by atomic mass is 16.5. The second-order valence-electron chi connectivity index (χ2n) is 7.94. The molecule has 1 N–H and O–H groups in total. The Bertz CT molecular complexity index is 1370. The van der Waals surface area contributed by atoms with Gasteiger partial charge in [-0.2, -0.15) is 0 Å². The van der Waals surface area contributed by atoms with Crippen LogP contribution in [-0.2, 0) is 24.9 Å². The third-order valence-corrected chi connectivity index (χ3v) is 5.72. The van der Waals surface area contributed by atoms with Crippen LogP contribution in [0.15, 0.2) is 83.7 Å². The number of ether oxygens (including phenoxy) is 1. The van der Waals surface area contributed by atoms with E-state index in [1.165, 1.54) is 17.7 Å². The highest BCUT2D eigenvalue weighted by molar-refractivity contribution is 6.03. The lowest BCUT2D eigenvalue weighted by Crippen LogP contribution is -2.30. The Morgan fingerprint density at radius 2 is 1.47 bits per heavy atom. The lowest BCUT2D eigenvalue weighted by molar-refractivity contribution is 0.0594. The van der Waals surface area contributed by atoms with Crippen LogP contribution in [-0.4, -0.2) is 33.6 Å². The number of hydrogen-bond acceptors (Lipinski definition) is 5. The molecule has 0 aliphatic heterocycles. The van der Waals surface area contributed by atoms with E-state index < -0.39 is 22.8 Å². The number of carbonyl (C=O) groups is 2. The van der Waals surface area contributed by atoms with Gasteiger partial charge in [-0.25, -0.2) is 4.79 Å². The summed E-state index contributed by atoms with van der Waals surface area (Å²) in [5.41, 5.74) is 1.53. The first-order valence-corrected chi connectivity index (χ1v) is 10.7. The number of hydrogen-bond donors (Lipinski definition) is 1. The molecule has 0 atom stereocenters. The van der Waals surface area contributed by atoms with Gasteiger partial charge in [0.15, 0.2) is 5.56 Å². The van der Waals surface area contributed by atoms with Gasteiger partial charge in [-0.3, -0.25) is 9.59 Å². The first kappa shape index (κ1) is 22.8. The van der Waals surface area contributed by atoms with E-state index in [9.17, 15) is 19.5 Å². The number of fused-ring (bicyclic) bond motifs is 1. The van der Waals surface area contributed by atoms with Crippen LogP contribution in [0.2, 0.25) is 0 Å². The van der Waals surface area contributed by atoms with Gasteiger partial charge in [-0.05, 0) is 29.3 Å². The maximum absolute atomic E-state index is 13.6. The summed E-state index contributed by atoms with van der Waals surface area (Å²) in [7, 11) is 2.63. The number of esters is 1. The minimum absolute atomic E-state index is 0.215. The monoisotopic (exact) mass is 456 g/mol. The molecule has 1 heterocycles. The van der Waals surface area contributed by atoms with Gasteiger partial charge < -0.3 is 19.3 Å². The van der Waals surface area contributed by atoms with Crippen LogP contribution in [0.1, 0.15) is 31.8 Å². The SMILES string of the molecule is COC(=O)c1c(O)c2cc(C(=O)N(Cc3ccccc3)Cc3ccccc3)ccc2n(C)c1=O. The van der Waals surface area contributed by atoms with E-state index >= 15 is 0 Å². The molecular weight excluding hydrogens is 432 g/mol. The van der Waals surface area contributed by atoms with Crippen LogP contribution >= 0.6 is 0 Å². The van der Waals surface area contributed by atoms with E-state index in [0.717, 1.165) is 18.2 Å². The van der Waals surface area contributed by atoms with Gasteiger partial charge in [0, 0.05) is 31.1 Å². The third-order valence-electron chi connectivity index (χ3n) is 5.72. The standard InChI is InChI=1S/C27H24N2O5/c1-28-22-14-13-20(15-21(22)24(30)23(26(28)32)27(33)34-2)25(31)29(16-18-9-5-3-6-10-18)17-19-11-7-4-8-12-19/h3-15,30H,16-17H2,1-2H3. The molecular formula is C27H24N2O5. The van der Waals surface area contributed by atoms with Crippen LogP contribution < -0.4 is 5.56 Å². The summed E-state index contributed by atoms with van der Waals surface area (Å²) in [5.74, 6) is -1.69. The number of aromatic hydroxyl groups is 1. The molecule has 1 amide bonds. The Morgan fingerprint density at radius 1 is 0.912 bits per heavy atom. The topological polar surface area (TPSA) is 88.8 Å². The fourth-order valence-electron chi connectivity index (χ4n) is 3.94. The number of aromatic nitrogens is 1. The third kappa shape index (κ3) is 4.41. The molecule has 0 aliphatic rings. The van der Waals surface area contributed by atoms with Crippen LogP contribution in [0.4, 0.5) is 0 Å². The second kappa shape index (κ2) is 9.62. The summed E-state index contributed by atoms with van der Waals surface area (Å²) in [5, 5.41) is 10.9. The van der Waals surface area contributed by atoms with Gasteiger partial charge in [0.25, 0.3) is 11.5 Å². The minimum atomic E-state index is -0.938. The second-order valence-corrected chi connectivity index (χ2v) is 7.94. The van der Waals surface area contributed by atoms with Crippen molar-refractivity contribution in [1.82, 2.24) is 9.47 Å². The molecule has 172 valence electrons. The highest BCUT2D eigenvalue weighted by Crippen LogP contribution is 2.28. The van der Waals surface area contributed by atoms with Crippen molar-refractivity contribution in [3.63, 3.8) is 0 Å². The zero-order valence-electron chi connectivity index (χ0n) is 18.9. The molecule has 4 aromatic rings. The molecule has 7 heteroatoms. The Labute approximate surface area is 196 Å². The average Bonchev–Trinajstić information content (AvgIpc) is 2.87. The zero-order valence-corrected chi connectivity index (χ0v) is 18.9. The predicted molar refractivity (Wildman–Crippen MR) is 129 cm³/mol. The highest BCUT2D eigenvalue weighted by Gasteiger charge is 2.24. The van der Waals surface area contributed by atoms with E-state index in [1.807, 2.05) is 60.7 Å². The molecule has 3 aromatic carbocycles. The molecule has 0 fully saturated rings. The summed E-state index contributed by atoms with van der Waals surface area (Å²) in [6, 6.07) is 24.0. The molecule has 0 unspecified atom stereocenters. The Hall–Kier alpha value is -4.39. The first-order valence-electron chi connectivity index (χ1n) is 10.7. The number of carbonyl (C=O) groups excluding carboxylic acids is 2. The Morgan fingerprint density at radius 3 is 2.00 bits per heavy atom. The van der Waals surface area contributed by atoms with Crippen molar-refractivity contribution in [3.05, 3.63) is 111 Å². The maximum atomic E-state index is 13.6. The molecule has 0 aliphatic carbocycles. The molecule has 0 spiro atoms. The van der Waals surface area contributed by atoms with Crippen LogP contribution in [0.3, 0.4) is 0 Å². The van der Waals surface area contributed by atoms with Crippen molar-refractivity contribution < 1.29 is 19.4 Å². The molecule has 34 heavy (non-hydrogen) atoms. The molecule has 0 bridgehead atoms. The maximum Gasteiger partial charge on any atom is 0.347 e. The molecule has 0 saturated carbocycles. The number of amides is 1. The Balaban J connectivity index is 1.78. The van der Waals surface area contributed by atoms with Crippen molar-refractivity contribution >= 4 is 22.8 Å². The summed E-state index contributed by atoms with van der Waals surface area (Å²) in [4.78, 5) is 40.0. The van der Waals surface area contributed by atoms with Crippen molar-refractivity contribution in [3.8, 4) is 5.75 Å². The molecule has 0 saturated heterocycles. The lowest BCUT2D eigenvalue weighted by atomic mass is 10.0. The largest absolute Gasteiger partial charge is 0.506 e. The quantitative estimate of drug-likeness (QED) is 0.445. The van der Waals surface area contributed by atoms with Crippen LogP contribution in [0.25, 0.3) is 10.9 Å². The van der Waals surface area contributed by atoms with E-state index in [1.54, 1.807) is 17.0 Å². The van der Waals surface area contributed by atoms with Crippen molar-refractivity contribution in [2.75, 3.05) is 7.11 Å². The Kier molecular flexibility index (Phi) is 6.45. The predicted octanol–water partition coefficient (Wildman–Crippen LogP) is 3.87. The first-order chi connectivity index (χ1) is 16.4. The lowest BCUT2D eigenvalue weighted by Gasteiger charge is -2.24. The normalized spacial score (nSPS) is 10.8. The van der Waals surface area contributed by atoms with Gasteiger partial charge in [-0.1, -0.05) is 60.7 Å². The number of nitrogens with zero attached hydrogens (tertiary/aromatic N) is 2. The van der Waals surface area contributed by atoms with Crippen molar-refractivity contribution in [2.45, 2.75) is 13.1 Å². The molecule has 7 nitrogen and oxygen atoms in total. The summed E-state index contributed by atoms with van der Waals surface area (Å²) in [6.07, 6.45) is 0. The smallest absolute Gasteiger partial charge is 0.347 e. The van der Waals surface area contributed by atoms with E-state index in [0.29, 0.717) is 24.2 Å². The van der Waals surface area contributed by atoms with Gasteiger partial charge >= 0.3 is 5.97 Å². The number of methoxy groups -OCH3 is 1. The number of rotatable bonds is 6. The summed E-state index contributed by atoms with van der Waals surface area (Å²) in [6.45, 7) is 0.776. The fraction of sp³-hybridized carbons (Fsp3) is 0.148. The van der Waals surface area contributed by atoms with E-state index in [2.05, 4.69) is 4.74 Å². The fourth-order valence-corrected chi connectivity index (χ4v) is 3.94. The van der Waals surface area contributed by atoms with Gasteiger partial charge in [0.1, 0.15) is 5.75 Å². The zero-order chi connectivity index (χ0) is 24.2. The summed E-state index contributed by atoms with van der Waals surface area (Å²) < 4.78 is 5.91. The summed E-state index contributed by atoms with van der Waals surface area (Å²) >= 11 is 0. The van der Waals surface area contributed by atoms with Crippen LogP contribution in [0, 0.1) is 0 Å². The minimum Gasteiger partial charge on any atom is -0.506 e. The van der Waals surface area contributed by atoms with Gasteiger partial charge in [0.05, 0.1) is 12.6 Å². The van der Waals surface area contributed by atoms with E-state index in [4.69, 9.17) is 0 Å². The molecule has 4 rings (SSSR count). The van der Waals surface area contributed by atoms with Crippen molar-refractivity contribution in [2.24, 2.45) is 7.05 Å². The van der Waals surface area contributed by atoms with Crippen LogP contribution in [0.5, 0.6) is 5.75 Å². The average molecular weight is 456 g/mol. The van der Waals surface area contributed by atoms with Crippen molar-refractivity contribution in [1.29, 1.82) is 0 Å². The molecule has 0 radical (unpaired) electrons. The number of benzene rings is 3. The number of aryl methyl sites for hydroxylation is 1. The molecule has 1 aromatic heterocycles.